The van der Waals surface area contributed by atoms with Gasteiger partial charge in [0.05, 0.1) is 28.3 Å². The largest absolute Gasteiger partial charge is 0.456 e. The average Bonchev–Trinajstić information content (AvgIpc) is 3.49. The van der Waals surface area contributed by atoms with Crippen LogP contribution in [0.4, 0.5) is 17.2 Å². The molecule has 4 aromatic carbocycles. The van der Waals surface area contributed by atoms with Gasteiger partial charge in [-0.05, 0) is 48.5 Å². The summed E-state index contributed by atoms with van der Waals surface area (Å²) in [5, 5.41) is 11.3. The number of aromatic nitrogens is 4. The number of anilines is 3. The van der Waals surface area contributed by atoms with Gasteiger partial charge in [0.15, 0.2) is 0 Å². The van der Waals surface area contributed by atoms with Gasteiger partial charge in [-0.25, -0.2) is 9.97 Å². The van der Waals surface area contributed by atoms with Crippen LogP contribution in [-0.2, 0) is 0 Å². The Hall–Kier alpha value is -4.71. The van der Waals surface area contributed by atoms with Crippen LogP contribution >= 0.6 is 0 Å². The zero-order chi connectivity index (χ0) is 21.8. The lowest BCUT2D eigenvalue weighted by Crippen LogP contribution is -2.12. The number of rotatable bonds is 3. The zero-order valence-electron chi connectivity index (χ0n) is 17.4. The first kappa shape index (κ1) is 17.9. The van der Waals surface area contributed by atoms with Crippen molar-refractivity contribution in [1.82, 2.24) is 20.2 Å². The molecule has 7 aromatic rings. The first-order valence-corrected chi connectivity index (χ1v) is 10.7. The minimum absolute atomic E-state index is 0.807. The fourth-order valence-electron chi connectivity index (χ4n) is 4.56. The van der Waals surface area contributed by atoms with Gasteiger partial charge in [0.25, 0.3) is 0 Å². The van der Waals surface area contributed by atoms with Gasteiger partial charge in [-0.1, -0.05) is 36.4 Å². The third kappa shape index (κ3) is 2.71. The molecule has 0 amide bonds. The average molecular weight is 427 g/mol. The number of hydrogen-bond acceptors (Lipinski definition) is 5. The number of para-hydroxylation sites is 2. The van der Waals surface area contributed by atoms with E-state index in [0.29, 0.717) is 0 Å². The lowest BCUT2D eigenvalue weighted by molar-refractivity contribution is 0.669. The number of benzene rings is 4. The third-order valence-corrected chi connectivity index (χ3v) is 6.04. The molecule has 6 heteroatoms. The van der Waals surface area contributed by atoms with Crippen LogP contribution in [0.1, 0.15) is 0 Å². The molecule has 3 aromatic heterocycles. The van der Waals surface area contributed by atoms with Gasteiger partial charge in [0, 0.05) is 21.8 Å². The Balaban J connectivity index is 1.60. The van der Waals surface area contributed by atoms with Gasteiger partial charge >= 0.3 is 0 Å². The van der Waals surface area contributed by atoms with Crippen LogP contribution < -0.4 is 4.90 Å². The van der Waals surface area contributed by atoms with E-state index in [4.69, 9.17) is 9.40 Å². The summed E-state index contributed by atoms with van der Waals surface area (Å²) in [5.74, 6) is 0.807. The SMILES string of the molecule is c1ccc2c(N(c3ccc4[nH]ncc4c3)c3cccc4oc5ccccc5c34)ncnc2c1. The molecular weight excluding hydrogens is 410 g/mol. The van der Waals surface area contributed by atoms with Gasteiger partial charge in [-0.15, -0.1) is 0 Å². The summed E-state index contributed by atoms with van der Waals surface area (Å²) in [4.78, 5) is 11.4. The molecule has 0 aliphatic heterocycles. The van der Waals surface area contributed by atoms with Gasteiger partial charge in [0.2, 0.25) is 0 Å². The second-order valence-corrected chi connectivity index (χ2v) is 7.94. The molecule has 1 N–H and O–H groups in total. The normalized spacial score (nSPS) is 11.6. The van der Waals surface area contributed by atoms with E-state index in [1.807, 2.05) is 60.8 Å². The summed E-state index contributed by atoms with van der Waals surface area (Å²) in [5.41, 5.74) is 5.54. The van der Waals surface area contributed by atoms with Crippen molar-refractivity contribution in [2.45, 2.75) is 0 Å². The Bertz CT molecular complexity index is 1790. The van der Waals surface area contributed by atoms with E-state index in [0.717, 1.165) is 60.9 Å². The smallest absolute Gasteiger partial charge is 0.148 e. The summed E-state index contributed by atoms with van der Waals surface area (Å²) in [6, 6.07) is 28.6. The number of furan rings is 1. The Kier molecular flexibility index (Phi) is 3.75. The van der Waals surface area contributed by atoms with E-state index in [2.05, 4.69) is 50.4 Å². The number of fused-ring (bicyclic) bond motifs is 5. The molecule has 7 rings (SSSR count). The van der Waals surface area contributed by atoms with Crippen molar-refractivity contribution in [2.24, 2.45) is 0 Å². The van der Waals surface area contributed by atoms with Crippen LogP contribution in [0.15, 0.2) is 102 Å². The molecule has 156 valence electrons. The first-order valence-electron chi connectivity index (χ1n) is 10.7. The number of H-pyrrole nitrogens is 1. The van der Waals surface area contributed by atoms with Gasteiger partial charge in [-0.2, -0.15) is 5.10 Å². The fourth-order valence-corrected chi connectivity index (χ4v) is 4.56. The quantitative estimate of drug-likeness (QED) is 0.333. The van der Waals surface area contributed by atoms with Crippen molar-refractivity contribution in [3.05, 3.63) is 97.5 Å². The molecule has 0 bridgehead atoms. The summed E-state index contributed by atoms with van der Waals surface area (Å²) < 4.78 is 6.19. The van der Waals surface area contributed by atoms with Gasteiger partial charge in [-0.3, -0.25) is 10.00 Å². The predicted octanol–water partition coefficient (Wildman–Crippen LogP) is 6.88. The monoisotopic (exact) mass is 427 g/mol. The van der Waals surface area contributed by atoms with Gasteiger partial charge < -0.3 is 4.42 Å². The summed E-state index contributed by atoms with van der Waals surface area (Å²) >= 11 is 0. The highest BCUT2D eigenvalue weighted by atomic mass is 16.3. The van der Waals surface area contributed by atoms with Crippen LogP contribution in [0.5, 0.6) is 0 Å². The topological polar surface area (TPSA) is 70.8 Å². The first-order chi connectivity index (χ1) is 16.4. The molecule has 33 heavy (non-hydrogen) atoms. The Morgan fingerprint density at radius 2 is 1.61 bits per heavy atom. The maximum absolute atomic E-state index is 6.19. The number of aromatic amines is 1. The van der Waals surface area contributed by atoms with Crippen molar-refractivity contribution in [3.63, 3.8) is 0 Å². The van der Waals surface area contributed by atoms with Crippen LogP contribution in [-0.4, -0.2) is 20.2 Å². The summed E-state index contributed by atoms with van der Waals surface area (Å²) in [7, 11) is 0. The highest BCUT2D eigenvalue weighted by Gasteiger charge is 2.22. The Morgan fingerprint density at radius 1 is 0.758 bits per heavy atom. The third-order valence-electron chi connectivity index (χ3n) is 6.04. The van der Waals surface area contributed by atoms with E-state index in [1.165, 1.54) is 0 Å². The zero-order valence-corrected chi connectivity index (χ0v) is 17.4. The molecule has 0 aliphatic rings. The summed E-state index contributed by atoms with van der Waals surface area (Å²) in [6.07, 6.45) is 3.46. The predicted molar refractivity (Wildman–Crippen MR) is 131 cm³/mol. The van der Waals surface area contributed by atoms with Crippen LogP contribution in [0, 0.1) is 0 Å². The molecule has 0 radical (unpaired) electrons. The van der Waals surface area contributed by atoms with Crippen molar-refractivity contribution >= 4 is 60.9 Å². The lowest BCUT2D eigenvalue weighted by Gasteiger charge is -2.26. The molecular formula is C27H17N5O. The lowest BCUT2D eigenvalue weighted by atomic mass is 10.1. The summed E-state index contributed by atoms with van der Waals surface area (Å²) in [6.45, 7) is 0. The second-order valence-electron chi connectivity index (χ2n) is 7.94. The van der Waals surface area contributed by atoms with Crippen molar-refractivity contribution < 1.29 is 4.42 Å². The van der Waals surface area contributed by atoms with E-state index in [9.17, 15) is 0 Å². The van der Waals surface area contributed by atoms with Crippen LogP contribution in [0.3, 0.4) is 0 Å². The van der Waals surface area contributed by atoms with Crippen molar-refractivity contribution in [3.8, 4) is 0 Å². The molecule has 0 fully saturated rings. The Morgan fingerprint density at radius 3 is 2.58 bits per heavy atom. The van der Waals surface area contributed by atoms with Crippen LogP contribution in [0.2, 0.25) is 0 Å². The van der Waals surface area contributed by atoms with Crippen LogP contribution in [0.25, 0.3) is 43.7 Å². The number of nitrogens with zero attached hydrogens (tertiary/aromatic N) is 4. The van der Waals surface area contributed by atoms with Crippen molar-refractivity contribution in [2.75, 3.05) is 4.90 Å². The maximum atomic E-state index is 6.19. The highest BCUT2D eigenvalue weighted by molar-refractivity contribution is 6.14. The molecule has 0 saturated carbocycles. The number of hydrogen-bond donors (Lipinski definition) is 1. The molecule has 0 saturated heterocycles. The molecule has 6 nitrogen and oxygen atoms in total. The molecule has 3 heterocycles. The standard InChI is InChI=1S/C27H17N5O/c1-3-8-22-19(6-1)27(29-16-28-22)32(18-12-13-21-17(14-18)15-30-31-21)23-9-5-11-25-26(23)20-7-2-4-10-24(20)33-25/h1-16H,(H,30,31). The molecule has 0 aliphatic carbocycles. The molecule has 0 spiro atoms. The fraction of sp³-hybridized carbons (Fsp3) is 0. The van der Waals surface area contributed by atoms with E-state index in [1.54, 1.807) is 6.33 Å². The second kappa shape index (κ2) is 6.90. The van der Waals surface area contributed by atoms with Crippen molar-refractivity contribution in [1.29, 1.82) is 0 Å². The molecule has 0 unspecified atom stereocenters. The van der Waals surface area contributed by atoms with E-state index >= 15 is 0 Å². The minimum atomic E-state index is 0.807. The number of nitrogens with one attached hydrogen (secondary N) is 1. The minimum Gasteiger partial charge on any atom is -0.456 e. The maximum Gasteiger partial charge on any atom is 0.148 e. The Labute approximate surface area is 188 Å². The van der Waals surface area contributed by atoms with E-state index < -0.39 is 0 Å². The van der Waals surface area contributed by atoms with E-state index in [-0.39, 0.29) is 0 Å². The highest BCUT2D eigenvalue weighted by Crippen LogP contribution is 2.43. The molecule has 0 atom stereocenters. The van der Waals surface area contributed by atoms with Gasteiger partial charge in [0.1, 0.15) is 23.3 Å².